The first-order valence-corrected chi connectivity index (χ1v) is 8.78. The number of halogens is 1. The minimum absolute atomic E-state index is 0.180. The highest BCUT2D eigenvalue weighted by Crippen LogP contribution is 2.28. The van der Waals surface area contributed by atoms with E-state index in [1.54, 1.807) is 18.2 Å². The lowest BCUT2D eigenvalue weighted by Crippen LogP contribution is -2.14. The van der Waals surface area contributed by atoms with Gasteiger partial charge >= 0.3 is 0 Å². The van der Waals surface area contributed by atoms with Gasteiger partial charge in [-0.15, -0.1) is 0 Å². The Morgan fingerprint density at radius 2 is 1.70 bits per heavy atom. The van der Waals surface area contributed by atoms with Crippen LogP contribution in [0.15, 0.2) is 79.0 Å². The number of nitrogens with zero attached hydrogens (tertiary/aromatic N) is 2. The van der Waals surface area contributed by atoms with Crippen LogP contribution in [-0.2, 0) is 11.2 Å². The van der Waals surface area contributed by atoms with Crippen LogP contribution in [0.1, 0.15) is 12.0 Å². The highest BCUT2D eigenvalue weighted by Gasteiger charge is 2.16. The molecule has 0 unspecified atom stereocenters. The summed E-state index contributed by atoms with van der Waals surface area (Å²) < 4.78 is 15.6. The predicted molar refractivity (Wildman–Crippen MR) is 104 cm³/mol. The molecule has 0 spiro atoms. The number of aromatic nitrogens is 2. The lowest BCUT2D eigenvalue weighted by molar-refractivity contribution is -0.116. The van der Waals surface area contributed by atoms with E-state index in [-0.39, 0.29) is 18.1 Å². The Balaban J connectivity index is 1.61. The zero-order valence-corrected chi connectivity index (χ0v) is 14.6. The van der Waals surface area contributed by atoms with Gasteiger partial charge in [0.25, 0.3) is 0 Å². The summed E-state index contributed by atoms with van der Waals surface area (Å²) in [6.45, 7) is 0. The van der Waals surface area contributed by atoms with Gasteiger partial charge in [0.1, 0.15) is 23.0 Å². The number of imidazole rings is 1. The Bertz CT molecular complexity index is 1090. The molecule has 4 rings (SSSR count). The van der Waals surface area contributed by atoms with Crippen LogP contribution in [0, 0.1) is 5.82 Å². The van der Waals surface area contributed by atoms with Gasteiger partial charge in [-0.3, -0.25) is 9.20 Å². The van der Waals surface area contributed by atoms with E-state index in [9.17, 15) is 9.18 Å². The van der Waals surface area contributed by atoms with Crippen molar-refractivity contribution in [2.75, 3.05) is 5.32 Å². The topological polar surface area (TPSA) is 46.4 Å². The molecule has 5 heteroatoms. The maximum absolute atomic E-state index is 13.8. The van der Waals surface area contributed by atoms with E-state index >= 15 is 0 Å². The summed E-state index contributed by atoms with van der Waals surface area (Å²) in [5.74, 6) is 0.154. The summed E-state index contributed by atoms with van der Waals surface area (Å²) >= 11 is 0. The molecule has 2 aromatic heterocycles. The molecule has 0 aliphatic heterocycles. The highest BCUT2D eigenvalue weighted by atomic mass is 19.1. The Morgan fingerprint density at radius 1 is 0.963 bits per heavy atom. The molecule has 4 aromatic rings. The summed E-state index contributed by atoms with van der Waals surface area (Å²) in [6.07, 6.45) is 2.40. The molecule has 0 radical (unpaired) electrons. The average Bonchev–Trinajstić information content (AvgIpc) is 3.06. The Kier molecular flexibility index (Phi) is 4.66. The lowest BCUT2D eigenvalue weighted by Gasteiger charge is -2.08. The predicted octanol–water partition coefficient (Wildman–Crippen LogP) is 4.71. The third-order valence-electron chi connectivity index (χ3n) is 4.41. The van der Waals surface area contributed by atoms with Crippen molar-refractivity contribution in [1.29, 1.82) is 0 Å². The number of carbonyl (C=O) groups excluding carboxylic acids is 1. The van der Waals surface area contributed by atoms with Crippen LogP contribution in [-0.4, -0.2) is 15.3 Å². The number of fused-ring (bicyclic) bond motifs is 1. The smallest absolute Gasteiger partial charge is 0.225 e. The molecule has 0 aliphatic rings. The zero-order valence-electron chi connectivity index (χ0n) is 14.6. The van der Waals surface area contributed by atoms with Gasteiger partial charge in [-0.1, -0.05) is 54.6 Å². The number of pyridine rings is 1. The van der Waals surface area contributed by atoms with E-state index in [1.165, 1.54) is 6.07 Å². The van der Waals surface area contributed by atoms with E-state index in [2.05, 4.69) is 10.3 Å². The monoisotopic (exact) mass is 359 g/mol. The van der Waals surface area contributed by atoms with Gasteiger partial charge in [-0.2, -0.15) is 0 Å². The first-order chi connectivity index (χ1) is 13.2. The number of amides is 1. The lowest BCUT2D eigenvalue weighted by atomic mass is 10.1. The van der Waals surface area contributed by atoms with Crippen molar-refractivity contribution in [3.8, 4) is 11.3 Å². The molecule has 0 bridgehead atoms. The van der Waals surface area contributed by atoms with Crippen molar-refractivity contribution >= 4 is 17.4 Å². The molecular formula is C22H18FN3O. The second kappa shape index (κ2) is 7.41. The molecule has 0 fully saturated rings. The van der Waals surface area contributed by atoms with E-state index < -0.39 is 0 Å². The first kappa shape index (κ1) is 17.0. The van der Waals surface area contributed by atoms with Crippen molar-refractivity contribution < 1.29 is 9.18 Å². The third-order valence-corrected chi connectivity index (χ3v) is 4.41. The van der Waals surface area contributed by atoms with Gasteiger partial charge in [0, 0.05) is 18.2 Å². The average molecular weight is 359 g/mol. The van der Waals surface area contributed by atoms with Gasteiger partial charge in [0.05, 0.1) is 0 Å². The van der Waals surface area contributed by atoms with Crippen molar-refractivity contribution in [3.05, 3.63) is 90.4 Å². The molecular weight excluding hydrogens is 341 g/mol. The molecule has 134 valence electrons. The number of anilines is 1. The fourth-order valence-electron chi connectivity index (χ4n) is 3.06. The Hall–Kier alpha value is -3.47. The van der Waals surface area contributed by atoms with E-state index in [0.717, 1.165) is 11.2 Å². The van der Waals surface area contributed by atoms with Crippen LogP contribution in [0.25, 0.3) is 16.9 Å². The largest absolute Gasteiger partial charge is 0.310 e. The molecule has 2 heterocycles. The van der Waals surface area contributed by atoms with Gasteiger partial charge < -0.3 is 5.32 Å². The maximum Gasteiger partial charge on any atom is 0.225 e. The minimum Gasteiger partial charge on any atom is -0.310 e. The van der Waals surface area contributed by atoms with Crippen LogP contribution in [0.5, 0.6) is 0 Å². The summed E-state index contributed by atoms with van der Waals surface area (Å²) in [6, 6.07) is 21.9. The van der Waals surface area contributed by atoms with Gasteiger partial charge in [-0.05, 0) is 30.2 Å². The minimum atomic E-state index is -0.287. The first-order valence-electron chi connectivity index (χ1n) is 8.78. The second-order valence-corrected chi connectivity index (χ2v) is 6.24. The summed E-state index contributed by atoms with van der Waals surface area (Å²) in [5, 5.41) is 2.96. The fourth-order valence-corrected chi connectivity index (χ4v) is 3.06. The number of rotatable bonds is 5. The van der Waals surface area contributed by atoms with Crippen LogP contribution in [0.2, 0.25) is 0 Å². The van der Waals surface area contributed by atoms with Crippen LogP contribution in [0.3, 0.4) is 0 Å². The third kappa shape index (κ3) is 3.58. The van der Waals surface area contributed by atoms with Gasteiger partial charge in [-0.25, -0.2) is 9.37 Å². The standard InChI is InChI=1S/C22H18FN3O/c23-18-11-5-4-8-16(18)13-14-20(27)25-22-21(17-9-2-1-3-10-17)24-19-12-6-7-15-26(19)22/h1-12,15H,13-14H2,(H,25,27). The van der Waals surface area contributed by atoms with Crippen molar-refractivity contribution in [2.45, 2.75) is 12.8 Å². The number of aryl methyl sites for hydroxylation is 1. The zero-order chi connectivity index (χ0) is 18.6. The fraction of sp³-hybridized carbons (Fsp3) is 0.0909. The van der Waals surface area contributed by atoms with Gasteiger partial charge in [0.15, 0.2) is 0 Å². The molecule has 0 saturated carbocycles. The molecule has 1 amide bonds. The number of benzene rings is 2. The van der Waals surface area contributed by atoms with Crippen LogP contribution in [0.4, 0.5) is 10.2 Å². The number of carbonyl (C=O) groups is 1. The summed E-state index contributed by atoms with van der Waals surface area (Å²) in [7, 11) is 0. The maximum atomic E-state index is 13.8. The van der Waals surface area contributed by atoms with E-state index in [0.29, 0.717) is 23.5 Å². The van der Waals surface area contributed by atoms with Crippen molar-refractivity contribution in [3.63, 3.8) is 0 Å². The Morgan fingerprint density at radius 3 is 2.52 bits per heavy atom. The molecule has 4 nitrogen and oxygen atoms in total. The number of hydrogen-bond donors (Lipinski definition) is 1. The number of nitrogens with one attached hydrogen (secondary N) is 1. The second-order valence-electron chi connectivity index (χ2n) is 6.24. The van der Waals surface area contributed by atoms with Crippen LogP contribution >= 0.6 is 0 Å². The van der Waals surface area contributed by atoms with E-state index in [4.69, 9.17) is 0 Å². The molecule has 27 heavy (non-hydrogen) atoms. The van der Waals surface area contributed by atoms with Crippen molar-refractivity contribution in [2.24, 2.45) is 0 Å². The van der Waals surface area contributed by atoms with Crippen LogP contribution < -0.4 is 5.32 Å². The molecule has 0 atom stereocenters. The van der Waals surface area contributed by atoms with Gasteiger partial charge in [0.2, 0.25) is 5.91 Å². The Labute approximate surface area is 156 Å². The number of hydrogen-bond acceptors (Lipinski definition) is 2. The summed E-state index contributed by atoms with van der Waals surface area (Å²) in [4.78, 5) is 17.2. The quantitative estimate of drug-likeness (QED) is 0.561. The molecule has 0 aliphatic carbocycles. The summed E-state index contributed by atoms with van der Waals surface area (Å²) in [5.41, 5.74) is 2.92. The SMILES string of the molecule is O=C(CCc1ccccc1F)Nc1c(-c2ccccc2)nc2ccccn12. The molecule has 0 saturated heterocycles. The molecule has 2 aromatic carbocycles. The van der Waals surface area contributed by atoms with E-state index in [1.807, 2.05) is 59.1 Å². The normalized spacial score (nSPS) is 10.9. The van der Waals surface area contributed by atoms with Crippen molar-refractivity contribution in [1.82, 2.24) is 9.38 Å². The molecule has 1 N–H and O–H groups in total. The highest BCUT2D eigenvalue weighted by molar-refractivity contribution is 5.94.